The summed E-state index contributed by atoms with van der Waals surface area (Å²) in [5, 5.41) is 23.2. The topological polar surface area (TPSA) is 112 Å². The van der Waals surface area contributed by atoms with E-state index in [1.807, 2.05) is 12.1 Å². The van der Waals surface area contributed by atoms with Gasteiger partial charge in [-0.05, 0) is 66.6 Å². The van der Waals surface area contributed by atoms with E-state index in [9.17, 15) is 14.7 Å². The molecule has 0 fully saturated rings. The second-order valence-corrected chi connectivity index (χ2v) is 8.56. The highest BCUT2D eigenvalue weighted by Crippen LogP contribution is 2.23. The van der Waals surface area contributed by atoms with Crippen molar-refractivity contribution in [3.8, 4) is 6.07 Å². The predicted octanol–water partition coefficient (Wildman–Crippen LogP) is 4.61. The summed E-state index contributed by atoms with van der Waals surface area (Å²) in [6.07, 6.45) is -1.18. The molecule has 0 aromatic heterocycles. The van der Waals surface area contributed by atoms with E-state index in [1.54, 1.807) is 61.5 Å². The molecule has 1 atom stereocenters. The molecule has 3 rings (SSSR count). The highest BCUT2D eigenvalue weighted by molar-refractivity contribution is 6.30. The number of carbonyl (C=O) groups is 2. The number of methoxy groups -OCH3 is 1. The van der Waals surface area contributed by atoms with Crippen molar-refractivity contribution in [3.05, 3.63) is 99.6 Å². The number of carbonyl (C=O) groups excluding carboxylic acids is 2. The molecule has 1 amide bonds. The smallest absolute Gasteiger partial charge is 0.337 e. The molecular weight excluding hydrogens is 494 g/mol. The zero-order chi connectivity index (χ0) is 26.8. The van der Waals surface area contributed by atoms with E-state index in [4.69, 9.17) is 26.3 Å². The van der Waals surface area contributed by atoms with E-state index in [2.05, 4.69) is 11.4 Å². The maximum Gasteiger partial charge on any atom is 0.337 e. The number of nitriles is 1. The summed E-state index contributed by atoms with van der Waals surface area (Å²) in [4.78, 5) is 27.0. The number of aliphatic hydroxyl groups excluding tert-OH is 1. The van der Waals surface area contributed by atoms with Gasteiger partial charge in [0.1, 0.15) is 0 Å². The molecule has 0 aliphatic rings. The lowest BCUT2D eigenvalue weighted by atomic mass is 10.1. The number of esters is 1. The van der Waals surface area contributed by atoms with Crippen LogP contribution in [0, 0.1) is 11.3 Å². The van der Waals surface area contributed by atoms with Crippen LogP contribution in [0.2, 0.25) is 5.02 Å². The van der Waals surface area contributed by atoms with Crippen LogP contribution in [0.1, 0.15) is 44.3 Å². The Kier molecular flexibility index (Phi) is 10.0. The summed E-state index contributed by atoms with van der Waals surface area (Å²) in [6.45, 7) is 2.52. The number of hydrogen-bond acceptors (Lipinski definition) is 7. The number of ether oxygens (including phenoxy) is 2. The van der Waals surface area contributed by atoms with Crippen molar-refractivity contribution < 1.29 is 24.2 Å². The molecule has 8 nitrogen and oxygen atoms in total. The quantitative estimate of drug-likeness (QED) is 0.280. The Morgan fingerprint density at radius 1 is 1.08 bits per heavy atom. The standard InChI is InChI=1S/C28H28ClN3O5/c1-3-37-26(33)18-32(27(34)21-10-12-24(29)13-11-21)17-23-9-8-22(28(35)36-2)14-25(23)31-16-20-6-4-19(15-30)5-7-20/h4-14,26,31,33H,3,16-18H2,1-2H3. The van der Waals surface area contributed by atoms with Gasteiger partial charge < -0.3 is 24.8 Å². The molecule has 0 bridgehead atoms. The maximum atomic E-state index is 13.4. The van der Waals surface area contributed by atoms with Crippen molar-refractivity contribution in [2.24, 2.45) is 0 Å². The van der Waals surface area contributed by atoms with E-state index in [0.717, 1.165) is 5.56 Å². The van der Waals surface area contributed by atoms with Gasteiger partial charge in [-0.3, -0.25) is 4.79 Å². The van der Waals surface area contributed by atoms with Gasteiger partial charge in [0.2, 0.25) is 0 Å². The molecule has 0 aliphatic carbocycles. The highest BCUT2D eigenvalue weighted by Gasteiger charge is 2.22. The molecule has 0 aliphatic heterocycles. The van der Waals surface area contributed by atoms with Crippen molar-refractivity contribution in [2.45, 2.75) is 26.3 Å². The molecule has 0 saturated carbocycles. The summed E-state index contributed by atoms with van der Waals surface area (Å²) in [6, 6.07) is 20.7. The fourth-order valence-corrected chi connectivity index (χ4v) is 3.78. The van der Waals surface area contributed by atoms with Gasteiger partial charge in [-0.25, -0.2) is 4.79 Å². The highest BCUT2D eigenvalue weighted by atomic mass is 35.5. The third kappa shape index (κ3) is 7.79. The molecule has 9 heteroatoms. The molecule has 0 heterocycles. The van der Waals surface area contributed by atoms with Gasteiger partial charge in [0.25, 0.3) is 5.91 Å². The molecule has 37 heavy (non-hydrogen) atoms. The van der Waals surface area contributed by atoms with Crippen molar-refractivity contribution in [1.82, 2.24) is 4.90 Å². The molecule has 3 aromatic rings. The fraction of sp³-hybridized carbons (Fsp3) is 0.250. The van der Waals surface area contributed by atoms with Crippen molar-refractivity contribution in [1.29, 1.82) is 5.26 Å². The minimum atomic E-state index is -1.18. The Balaban J connectivity index is 1.91. The molecule has 0 spiro atoms. The predicted molar refractivity (Wildman–Crippen MR) is 140 cm³/mol. The average molecular weight is 522 g/mol. The summed E-state index contributed by atoms with van der Waals surface area (Å²) in [7, 11) is 1.31. The Morgan fingerprint density at radius 2 is 1.76 bits per heavy atom. The Bertz CT molecular complexity index is 1260. The number of rotatable bonds is 11. The van der Waals surface area contributed by atoms with Gasteiger partial charge in [-0.15, -0.1) is 0 Å². The Morgan fingerprint density at radius 3 is 2.38 bits per heavy atom. The molecule has 1 unspecified atom stereocenters. The summed E-state index contributed by atoms with van der Waals surface area (Å²) in [5.41, 5.74) is 3.57. The second-order valence-electron chi connectivity index (χ2n) is 8.13. The van der Waals surface area contributed by atoms with Gasteiger partial charge in [0, 0.05) is 36.0 Å². The number of benzene rings is 3. The molecule has 0 radical (unpaired) electrons. The number of nitrogens with one attached hydrogen (secondary N) is 1. The first-order valence-electron chi connectivity index (χ1n) is 11.6. The van der Waals surface area contributed by atoms with E-state index in [1.165, 1.54) is 12.0 Å². The van der Waals surface area contributed by atoms with E-state index in [-0.39, 0.29) is 25.6 Å². The maximum absolute atomic E-state index is 13.4. The van der Waals surface area contributed by atoms with E-state index < -0.39 is 12.3 Å². The number of nitrogens with zero attached hydrogens (tertiary/aromatic N) is 2. The zero-order valence-corrected chi connectivity index (χ0v) is 21.4. The Labute approximate surface area is 221 Å². The van der Waals surface area contributed by atoms with Gasteiger partial charge >= 0.3 is 5.97 Å². The second kappa shape index (κ2) is 13.4. The molecule has 2 N–H and O–H groups in total. The van der Waals surface area contributed by atoms with Crippen LogP contribution in [-0.4, -0.2) is 48.4 Å². The lowest BCUT2D eigenvalue weighted by molar-refractivity contribution is -0.106. The van der Waals surface area contributed by atoms with Gasteiger partial charge in [-0.2, -0.15) is 5.26 Å². The normalized spacial score (nSPS) is 11.3. The SMILES string of the molecule is CCOC(O)CN(Cc1ccc(C(=O)OC)cc1NCc1ccc(C#N)cc1)C(=O)c1ccc(Cl)cc1. The zero-order valence-electron chi connectivity index (χ0n) is 20.6. The first-order valence-corrected chi connectivity index (χ1v) is 12.0. The van der Waals surface area contributed by atoms with Crippen molar-refractivity contribution >= 4 is 29.2 Å². The van der Waals surface area contributed by atoms with Crippen molar-refractivity contribution in [2.75, 3.05) is 25.6 Å². The first kappa shape index (κ1) is 27.7. The monoisotopic (exact) mass is 521 g/mol. The van der Waals surface area contributed by atoms with Gasteiger partial charge in [0.15, 0.2) is 6.29 Å². The minimum absolute atomic E-state index is 0.0664. The third-order valence-electron chi connectivity index (χ3n) is 5.57. The molecule has 0 saturated heterocycles. The fourth-order valence-electron chi connectivity index (χ4n) is 3.65. The van der Waals surface area contributed by atoms with Crippen LogP contribution in [0.5, 0.6) is 0 Å². The van der Waals surface area contributed by atoms with Gasteiger partial charge in [-0.1, -0.05) is 29.8 Å². The minimum Gasteiger partial charge on any atom is -0.465 e. The van der Waals surface area contributed by atoms with Crippen molar-refractivity contribution in [3.63, 3.8) is 0 Å². The van der Waals surface area contributed by atoms with Crippen LogP contribution >= 0.6 is 11.6 Å². The van der Waals surface area contributed by atoms with Crippen LogP contribution in [0.4, 0.5) is 5.69 Å². The molecular formula is C28H28ClN3O5. The van der Waals surface area contributed by atoms with Gasteiger partial charge in [0.05, 0.1) is 30.9 Å². The number of hydrogen-bond donors (Lipinski definition) is 2. The lowest BCUT2D eigenvalue weighted by Crippen LogP contribution is -2.38. The largest absolute Gasteiger partial charge is 0.465 e. The number of aliphatic hydroxyl groups is 1. The molecule has 192 valence electrons. The summed E-state index contributed by atoms with van der Waals surface area (Å²) >= 11 is 5.98. The van der Waals surface area contributed by atoms with Crippen LogP contribution < -0.4 is 5.32 Å². The van der Waals surface area contributed by atoms with Crippen LogP contribution in [0.3, 0.4) is 0 Å². The number of halogens is 1. The molecule has 3 aromatic carbocycles. The van der Waals surface area contributed by atoms with Crippen LogP contribution in [0.15, 0.2) is 66.7 Å². The lowest BCUT2D eigenvalue weighted by Gasteiger charge is -2.27. The van der Waals surface area contributed by atoms with Crippen LogP contribution in [0.25, 0.3) is 0 Å². The summed E-state index contributed by atoms with van der Waals surface area (Å²) in [5.74, 6) is -0.806. The van der Waals surface area contributed by atoms with E-state index in [0.29, 0.717) is 39.5 Å². The average Bonchev–Trinajstić information content (AvgIpc) is 2.92. The summed E-state index contributed by atoms with van der Waals surface area (Å²) < 4.78 is 10.1. The van der Waals surface area contributed by atoms with Crippen LogP contribution in [-0.2, 0) is 22.6 Å². The number of amides is 1. The van der Waals surface area contributed by atoms with E-state index >= 15 is 0 Å². The first-order chi connectivity index (χ1) is 17.8. The third-order valence-corrected chi connectivity index (χ3v) is 5.82. The number of anilines is 1. The Hall–Kier alpha value is -3.90.